The third-order valence-corrected chi connectivity index (χ3v) is 6.83. The Kier molecular flexibility index (Phi) is 7.10. The maximum absolute atomic E-state index is 13.5. The minimum absolute atomic E-state index is 0.0155. The number of piperazine rings is 1. The van der Waals surface area contributed by atoms with E-state index in [1.165, 1.54) is 12.1 Å². The first-order valence-electron chi connectivity index (χ1n) is 12.3. The maximum Gasteiger partial charge on any atom is 0.417 e. The Balaban J connectivity index is 1.34. The average Bonchev–Trinajstić information content (AvgIpc) is 2.93. The first-order chi connectivity index (χ1) is 17.9. The molecule has 0 N–H and O–H groups in total. The summed E-state index contributed by atoms with van der Waals surface area (Å²) in [4.78, 5) is 17.6. The summed E-state index contributed by atoms with van der Waals surface area (Å²) >= 11 is 0. The van der Waals surface area contributed by atoms with Crippen molar-refractivity contribution in [2.45, 2.75) is 18.8 Å². The number of benzene rings is 4. The molecule has 37 heavy (non-hydrogen) atoms. The van der Waals surface area contributed by atoms with Gasteiger partial charge in [0.25, 0.3) is 5.91 Å². The molecule has 188 valence electrons. The number of nitrogens with zero attached hydrogens (tertiary/aromatic N) is 2. The van der Waals surface area contributed by atoms with Crippen LogP contribution < -0.4 is 0 Å². The molecule has 6 heteroatoms. The number of carbonyl (C=O) groups is 1. The second-order valence-electron chi connectivity index (χ2n) is 9.27. The summed E-state index contributed by atoms with van der Waals surface area (Å²) in [5.41, 5.74) is 2.86. The van der Waals surface area contributed by atoms with Crippen LogP contribution in [0, 0.1) is 0 Å². The fourth-order valence-corrected chi connectivity index (χ4v) is 4.96. The number of rotatable bonds is 5. The lowest BCUT2D eigenvalue weighted by atomic mass is 9.97. The fraction of sp³-hybridized carbons (Fsp3) is 0.194. The topological polar surface area (TPSA) is 23.6 Å². The number of alkyl halides is 3. The van der Waals surface area contributed by atoms with Crippen molar-refractivity contribution in [1.82, 2.24) is 9.80 Å². The quantitative estimate of drug-likeness (QED) is 0.293. The number of halogens is 3. The molecular formula is C31H27F3N2O. The minimum Gasteiger partial charge on any atom is -0.329 e. The van der Waals surface area contributed by atoms with Gasteiger partial charge in [-0.1, -0.05) is 91.0 Å². The van der Waals surface area contributed by atoms with Gasteiger partial charge in [0, 0.05) is 31.7 Å². The van der Waals surface area contributed by atoms with E-state index in [1.54, 1.807) is 18.2 Å². The predicted octanol–water partition coefficient (Wildman–Crippen LogP) is 7.07. The second-order valence-corrected chi connectivity index (χ2v) is 9.27. The van der Waals surface area contributed by atoms with E-state index < -0.39 is 11.7 Å². The molecule has 0 aromatic heterocycles. The van der Waals surface area contributed by atoms with E-state index in [4.69, 9.17) is 0 Å². The summed E-state index contributed by atoms with van der Waals surface area (Å²) in [6, 6.07) is 32.2. The van der Waals surface area contributed by atoms with Crippen LogP contribution in [0.15, 0.2) is 109 Å². The molecule has 1 heterocycles. The third kappa shape index (κ3) is 5.59. The smallest absolute Gasteiger partial charge is 0.329 e. The van der Waals surface area contributed by atoms with E-state index in [0.717, 1.165) is 17.2 Å². The molecule has 0 aliphatic carbocycles. The molecular weight excluding hydrogens is 473 g/mol. The largest absolute Gasteiger partial charge is 0.417 e. The highest BCUT2D eigenvalue weighted by Crippen LogP contribution is 2.37. The van der Waals surface area contributed by atoms with Gasteiger partial charge in [-0.2, -0.15) is 13.2 Å². The van der Waals surface area contributed by atoms with Crippen LogP contribution >= 0.6 is 0 Å². The van der Waals surface area contributed by atoms with Crippen molar-refractivity contribution in [2.24, 2.45) is 0 Å². The van der Waals surface area contributed by atoms with Crippen LogP contribution in [0.1, 0.15) is 33.1 Å². The standard InChI is InChI=1S/C31H27F3N2O/c32-31(33,34)28-14-8-7-13-27(28)24-17-15-23(16-18-24)21-35-19-20-36(30(37)26-11-5-2-6-12-26)29(22-35)25-9-3-1-4-10-25/h1-18,29H,19-22H2. The van der Waals surface area contributed by atoms with E-state index in [-0.39, 0.29) is 17.5 Å². The van der Waals surface area contributed by atoms with Crippen LogP contribution in [0.2, 0.25) is 0 Å². The zero-order chi connectivity index (χ0) is 25.8. The lowest BCUT2D eigenvalue weighted by Crippen LogP contribution is -2.50. The van der Waals surface area contributed by atoms with Crippen LogP contribution in [-0.2, 0) is 12.7 Å². The molecule has 0 spiro atoms. The highest BCUT2D eigenvalue weighted by molar-refractivity contribution is 5.94. The first kappa shape index (κ1) is 24.8. The van der Waals surface area contributed by atoms with E-state index in [9.17, 15) is 18.0 Å². The van der Waals surface area contributed by atoms with Crippen molar-refractivity contribution in [1.29, 1.82) is 0 Å². The van der Waals surface area contributed by atoms with Gasteiger partial charge in [-0.25, -0.2) is 0 Å². The summed E-state index contributed by atoms with van der Waals surface area (Å²) < 4.78 is 40.4. The average molecular weight is 501 g/mol. The Bertz CT molecular complexity index is 1340. The Labute approximate surface area is 214 Å². The van der Waals surface area contributed by atoms with Crippen molar-refractivity contribution < 1.29 is 18.0 Å². The molecule has 3 nitrogen and oxygen atoms in total. The molecule has 1 amide bonds. The van der Waals surface area contributed by atoms with Crippen molar-refractivity contribution >= 4 is 5.91 Å². The van der Waals surface area contributed by atoms with E-state index in [1.807, 2.05) is 77.7 Å². The lowest BCUT2D eigenvalue weighted by molar-refractivity contribution is -0.137. The zero-order valence-corrected chi connectivity index (χ0v) is 20.2. The van der Waals surface area contributed by atoms with Crippen LogP contribution in [0.4, 0.5) is 13.2 Å². The molecule has 1 fully saturated rings. The molecule has 4 aromatic rings. The van der Waals surface area contributed by atoms with Crippen molar-refractivity contribution in [3.05, 3.63) is 131 Å². The summed E-state index contributed by atoms with van der Waals surface area (Å²) in [6.45, 7) is 2.62. The van der Waals surface area contributed by atoms with E-state index in [2.05, 4.69) is 4.90 Å². The molecule has 0 saturated carbocycles. The minimum atomic E-state index is -4.40. The number of amides is 1. The van der Waals surface area contributed by atoms with Gasteiger partial charge in [-0.05, 0) is 40.5 Å². The normalized spacial score (nSPS) is 16.5. The van der Waals surface area contributed by atoms with Gasteiger partial charge < -0.3 is 4.90 Å². The molecule has 1 aliphatic rings. The van der Waals surface area contributed by atoms with Gasteiger partial charge in [0.1, 0.15) is 0 Å². The van der Waals surface area contributed by atoms with Crippen LogP contribution in [0.25, 0.3) is 11.1 Å². The Morgan fingerprint density at radius 3 is 2.05 bits per heavy atom. The molecule has 0 radical (unpaired) electrons. The van der Waals surface area contributed by atoms with Gasteiger partial charge in [-0.3, -0.25) is 9.69 Å². The first-order valence-corrected chi connectivity index (χ1v) is 12.3. The van der Waals surface area contributed by atoms with Crippen LogP contribution in [-0.4, -0.2) is 35.3 Å². The third-order valence-electron chi connectivity index (χ3n) is 6.83. The fourth-order valence-electron chi connectivity index (χ4n) is 4.96. The summed E-state index contributed by atoms with van der Waals surface area (Å²) in [7, 11) is 0. The summed E-state index contributed by atoms with van der Waals surface area (Å²) in [5.74, 6) is 0.0155. The van der Waals surface area contributed by atoms with Crippen LogP contribution in [0.5, 0.6) is 0 Å². The Morgan fingerprint density at radius 1 is 0.757 bits per heavy atom. The van der Waals surface area contributed by atoms with Gasteiger partial charge in [0.2, 0.25) is 0 Å². The van der Waals surface area contributed by atoms with Crippen molar-refractivity contribution in [3.63, 3.8) is 0 Å². The van der Waals surface area contributed by atoms with Gasteiger partial charge in [0.15, 0.2) is 0 Å². The summed E-state index contributed by atoms with van der Waals surface area (Å²) in [6.07, 6.45) is -4.40. The highest BCUT2D eigenvalue weighted by Gasteiger charge is 2.34. The zero-order valence-electron chi connectivity index (χ0n) is 20.2. The van der Waals surface area contributed by atoms with Crippen molar-refractivity contribution in [2.75, 3.05) is 19.6 Å². The maximum atomic E-state index is 13.5. The van der Waals surface area contributed by atoms with E-state index >= 15 is 0 Å². The van der Waals surface area contributed by atoms with Gasteiger partial charge in [0.05, 0.1) is 11.6 Å². The van der Waals surface area contributed by atoms with Gasteiger partial charge in [-0.15, -0.1) is 0 Å². The van der Waals surface area contributed by atoms with Gasteiger partial charge >= 0.3 is 6.18 Å². The number of hydrogen-bond donors (Lipinski definition) is 0. The lowest BCUT2D eigenvalue weighted by Gasteiger charge is -2.42. The molecule has 1 aliphatic heterocycles. The molecule has 1 unspecified atom stereocenters. The summed E-state index contributed by atoms with van der Waals surface area (Å²) in [5, 5.41) is 0. The molecule has 0 bridgehead atoms. The SMILES string of the molecule is O=C(c1ccccc1)N1CCN(Cc2ccc(-c3ccccc3C(F)(F)F)cc2)CC1c1ccccc1. The second kappa shape index (κ2) is 10.6. The van der Waals surface area contributed by atoms with Crippen molar-refractivity contribution in [3.8, 4) is 11.1 Å². The Hall–Kier alpha value is -3.90. The number of hydrogen-bond acceptors (Lipinski definition) is 2. The van der Waals surface area contributed by atoms with Crippen LogP contribution in [0.3, 0.4) is 0 Å². The molecule has 5 rings (SSSR count). The monoisotopic (exact) mass is 500 g/mol. The Morgan fingerprint density at radius 2 is 1.38 bits per heavy atom. The molecule has 1 atom stereocenters. The predicted molar refractivity (Wildman–Crippen MR) is 139 cm³/mol. The van der Waals surface area contributed by atoms with E-state index in [0.29, 0.717) is 37.3 Å². The molecule has 4 aromatic carbocycles. The molecule has 1 saturated heterocycles. The highest BCUT2D eigenvalue weighted by atomic mass is 19.4. The number of carbonyl (C=O) groups excluding carboxylic acids is 1.